The van der Waals surface area contributed by atoms with Gasteiger partial charge in [0.2, 0.25) is 0 Å². The smallest absolute Gasteiger partial charge is 0.190 e. The predicted octanol–water partition coefficient (Wildman–Crippen LogP) is 3.59. The second kappa shape index (κ2) is 13.0. The molecular formula is C19H33FN4S. The fraction of sp³-hybridized carbons (Fsp3) is 0.632. The zero-order valence-corrected chi connectivity index (χ0v) is 16.8. The fourth-order valence-corrected chi connectivity index (χ4v) is 3.02. The van der Waals surface area contributed by atoms with Crippen LogP contribution in [0.25, 0.3) is 0 Å². The third-order valence-corrected chi connectivity index (χ3v) is 5.13. The minimum atomic E-state index is -0.184. The Hall–Kier alpha value is -1.27. The van der Waals surface area contributed by atoms with Gasteiger partial charge in [-0.1, -0.05) is 0 Å². The van der Waals surface area contributed by atoms with E-state index in [-0.39, 0.29) is 5.82 Å². The van der Waals surface area contributed by atoms with Crippen molar-refractivity contribution < 1.29 is 4.39 Å². The summed E-state index contributed by atoms with van der Waals surface area (Å²) >= 11 is 1.75. The third kappa shape index (κ3) is 10.3. The van der Waals surface area contributed by atoms with Crippen molar-refractivity contribution >= 4 is 17.7 Å². The highest BCUT2D eigenvalue weighted by atomic mass is 32.2. The number of nitrogens with zero attached hydrogens (tertiary/aromatic N) is 2. The number of guanidine groups is 1. The van der Waals surface area contributed by atoms with E-state index in [1.807, 2.05) is 12.1 Å². The minimum Gasteiger partial charge on any atom is -0.356 e. The summed E-state index contributed by atoms with van der Waals surface area (Å²) < 4.78 is 12.8. The fourth-order valence-electron chi connectivity index (χ4n) is 2.17. The van der Waals surface area contributed by atoms with Gasteiger partial charge in [0, 0.05) is 31.1 Å². The molecule has 0 aliphatic heterocycles. The SMILES string of the molecule is CN=C(NCCCCN(C)C(C)C)NCCCSc1ccc(F)cc1. The lowest BCUT2D eigenvalue weighted by atomic mass is 10.2. The first-order valence-electron chi connectivity index (χ1n) is 9.06. The van der Waals surface area contributed by atoms with E-state index in [9.17, 15) is 4.39 Å². The molecule has 0 fully saturated rings. The molecule has 1 aromatic rings. The average Bonchev–Trinajstić information content (AvgIpc) is 2.60. The number of benzene rings is 1. The highest BCUT2D eigenvalue weighted by molar-refractivity contribution is 7.99. The normalized spacial score (nSPS) is 12.0. The third-order valence-electron chi connectivity index (χ3n) is 4.03. The van der Waals surface area contributed by atoms with Crippen molar-refractivity contribution in [2.24, 2.45) is 4.99 Å². The predicted molar refractivity (Wildman–Crippen MR) is 108 cm³/mol. The summed E-state index contributed by atoms with van der Waals surface area (Å²) in [5, 5.41) is 6.70. The summed E-state index contributed by atoms with van der Waals surface area (Å²) in [4.78, 5) is 7.72. The van der Waals surface area contributed by atoms with Crippen LogP contribution in [0.4, 0.5) is 4.39 Å². The van der Waals surface area contributed by atoms with Crippen LogP contribution in [0.2, 0.25) is 0 Å². The molecule has 6 heteroatoms. The van der Waals surface area contributed by atoms with E-state index < -0.39 is 0 Å². The average molecular weight is 369 g/mol. The van der Waals surface area contributed by atoms with E-state index in [4.69, 9.17) is 0 Å². The number of rotatable bonds is 11. The Morgan fingerprint density at radius 3 is 2.36 bits per heavy atom. The van der Waals surface area contributed by atoms with Crippen LogP contribution in [0, 0.1) is 5.82 Å². The lowest BCUT2D eigenvalue weighted by molar-refractivity contribution is 0.268. The van der Waals surface area contributed by atoms with Crippen molar-refractivity contribution in [2.75, 3.05) is 39.5 Å². The van der Waals surface area contributed by atoms with E-state index in [0.717, 1.165) is 49.1 Å². The Kier molecular flexibility index (Phi) is 11.3. The van der Waals surface area contributed by atoms with Crippen LogP contribution in [0.1, 0.15) is 33.1 Å². The summed E-state index contributed by atoms with van der Waals surface area (Å²) in [5.41, 5.74) is 0. The molecule has 0 aliphatic carbocycles. The molecule has 0 atom stereocenters. The minimum absolute atomic E-state index is 0.184. The van der Waals surface area contributed by atoms with Crippen molar-refractivity contribution in [3.8, 4) is 0 Å². The molecule has 4 nitrogen and oxygen atoms in total. The lowest BCUT2D eigenvalue weighted by Crippen LogP contribution is -2.38. The number of hydrogen-bond acceptors (Lipinski definition) is 3. The summed E-state index contributed by atoms with van der Waals surface area (Å²) in [6.07, 6.45) is 3.35. The zero-order chi connectivity index (χ0) is 18.5. The summed E-state index contributed by atoms with van der Waals surface area (Å²) in [7, 11) is 3.97. The van der Waals surface area contributed by atoms with Gasteiger partial charge in [0.15, 0.2) is 5.96 Å². The molecule has 0 saturated heterocycles. The standard InChI is InChI=1S/C19H33FN4S/c1-16(2)24(4)14-6-5-12-22-19(21-3)23-13-7-15-25-18-10-8-17(20)9-11-18/h8-11,16H,5-7,12-15H2,1-4H3,(H2,21,22,23). The number of thioether (sulfide) groups is 1. The Morgan fingerprint density at radius 1 is 1.12 bits per heavy atom. The molecule has 0 bridgehead atoms. The quantitative estimate of drug-likeness (QED) is 0.271. The second-order valence-electron chi connectivity index (χ2n) is 6.36. The van der Waals surface area contributed by atoms with Crippen LogP contribution >= 0.6 is 11.8 Å². The molecule has 25 heavy (non-hydrogen) atoms. The molecule has 0 heterocycles. The Balaban J connectivity index is 2.05. The lowest BCUT2D eigenvalue weighted by Gasteiger charge is -2.20. The first-order valence-corrected chi connectivity index (χ1v) is 10.0. The molecule has 0 unspecified atom stereocenters. The van der Waals surface area contributed by atoms with Crippen molar-refractivity contribution in [2.45, 2.75) is 44.0 Å². The summed E-state index contributed by atoms with van der Waals surface area (Å²) in [6.45, 7) is 7.39. The van der Waals surface area contributed by atoms with E-state index in [1.165, 1.54) is 18.6 Å². The first-order chi connectivity index (χ1) is 12.0. The Morgan fingerprint density at radius 2 is 1.76 bits per heavy atom. The van der Waals surface area contributed by atoms with Gasteiger partial charge in [-0.05, 0) is 76.7 Å². The van der Waals surface area contributed by atoms with Gasteiger partial charge in [-0.25, -0.2) is 4.39 Å². The number of unbranched alkanes of at least 4 members (excludes halogenated alkanes) is 1. The van der Waals surface area contributed by atoms with Crippen LogP contribution in [-0.2, 0) is 0 Å². The zero-order valence-electron chi connectivity index (χ0n) is 16.0. The molecule has 0 spiro atoms. The van der Waals surface area contributed by atoms with Gasteiger partial charge in [-0.3, -0.25) is 4.99 Å². The molecule has 142 valence electrons. The van der Waals surface area contributed by atoms with Gasteiger partial charge in [0.05, 0.1) is 0 Å². The maximum atomic E-state index is 12.8. The molecule has 0 radical (unpaired) electrons. The molecule has 0 saturated carbocycles. The topological polar surface area (TPSA) is 39.7 Å². The largest absolute Gasteiger partial charge is 0.356 e. The molecule has 1 aromatic carbocycles. The van der Waals surface area contributed by atoms with Crippen molar-refractivity contribution in [3.05, 3.63) is 30.1 Å². The van der Waals surface area contributed by atoms with Gasteiger partial charge in [0.25, 0.3) is 0 Å². The first kappa shape index (κ1) is 21.8. The van der Waals surface area contributed by atoms with Crippen LogP contribution in [-0.4, -0.2) is 56.4 Å². The van der Waals surface area contributed by atoms with Crippen LogP contribution in [0.5, 0.6) is 0 Å². The van der Waals surface area contributed by atoms with Crippen molar-refractivity contribution in [1.29, 1.82) is 0 Å². The van der Waals surface area contributed by atoms with E-state index >= 15 is 0 Å². The van der Waals surface area contributed by atoms with Gasteiger partial charge in [-0.15, -0.1) is 11.8 Å². The van der Waals surface area contributed by atoms with Crippen molar-refractivity contribution in [1.82, 2.24) is 15.5 Å². The molecule has 0 aromatic heterocycles. The Labute approximate surface area is 156 Å². The highest BCUT2D eigenvalue weighted by Crippen LogP contribution is 2.18. The second-order valence-corrected chi connectivity index (χ2v) is 7.53. The van der Waals surface area contributed by atoms with E-state index in [1.54, 1.807) is 18.8 Å². The summed E-state index contributed by atoms with van der Waals surface area (Å²) in [6, 6.07) is 7.27. The maximum Gasteiger partial charge on any atom is 0.190 e. The number of hydrogen-bond donors (Lipinski definition) is 2. The van der Waals surface area contributed by atoms with Crippen molar-refractivity contribution in [3.63, 3.8) is 0 Å². The molecule has 2 N–H and O–H groups in total. The number of nitrogens with one attached hydrogen (secondary N) is 2. The molecule has 0 aliphatic rings. The van der Waals surface area contributed by atoms with E-state index in [0.29, 0.717) is 6.04 Å². The monoisotopic (exact) mass is 368 g/mol. The van der Waals surface area contributed by atoms with Gasteiger partial charge in [0.1, 0.15) is 5.82 Å². The van der Waals surface area contributed by atoms with Crippen LogP contribution < -0.4 is 10.6 Å². The number of aliphatic imine (C=N–C) groups is 1. The van der Waals surface area contributed by atoms with Crippen LogP contribution in [0.15, 0.2) is 34.2 Å². The summed E-state index contributed by atoms with van der Waals surface area (Å²) in [5.74, 6) is 1.68. The molecular weight excluding hydrogens is 335 g/mol. The maximum absolute atomic E-state index is 12.8. The Bertz CT molecular complexity index is 491. The van der Waals surface area contributed by atoms with Gasteiger partial charge < -0.3 is 15.5 Å². The van der Waals surface area contributed by atoms with Gasteiger partial charge in [-0.2, -0.15) is 0 Å². The van der Waals surface area contributed by atoms with E-state index in [2.05, 4.69) is 41.4 Å². The molecule has 1 rings (SSSR count). The number of halogens is 1. The van der Waals surface area contributed by atoms with Gasteiger partial charge >= 0.3 is 0 Å². The molecule has 0 amide bonds. The highest BCUT2D eigenvalue weighted by Gasteiger charge is 2.02. The van der Waals surface area contributed by atoms with Crippen LogP contribution in [0.3, 0.4) is 0 Å².